The first-order valence-electron chi connectivity index (χ1n) is 11.1. The summed E-state index contributed by atoms with van der Waals surface area (Å²) in [5.41, 5.74) is 0.879. The minimum absolute atomic E-state index is 0.123. The molecule has 5 nitrogen and oxygen atoms in total. The molecule has 1 saturated heterocycles. The van der Waals surface area contributed by atoms with Gasteiger partial charge >= 0.3 is 11.9 Å². The van der Waals surface area contributed by atoms with Crippen molar-refractivity contribution >= 4 is 23.2 Å². The highest BCUT2D eigenvalue weighted by atomic mass is 32.1. The Hall–Kier alpha value is -3.02. The molecule has 1 fully saturated rings. The molecule has 0 bridgehead atoms. The number of aromatic carboxylic acids is 1. The highest BCUT2D eigenvalue weighted by Gasteiger charge is 2.52. The van der Waals surface area contributed by atoms with Gasteiger partial charge in [-0.25, -0.2) is 4.79 Å². The molecule has 2 heterocycles. The van der Waals surface area contributed by atoms with Gasteiger partial charge in [0, 0.05) is 29.8 Å². The first kappa shape index (κ1) is 25.6. The maximum atomic E-state index is 14.1. The first-order valence-corrected chi connectivity index (χ1v) is 11.9. The van der Waals surface area contributed by atoms with Crippen LogP contribution in [0.2, 0.25) is 0 Å². The molecule has 3 atom stereocenters. The number of carbonyl (C=O) groups excluding carboxylic acids is 1. The van der Waals surface area contributed by atoms with Gasteiger partial charge in [-0.15, -0.1) is 11.3 Å². The number of aryl methyl sites for hydroxylation is 1. The van der Waals surface area contributed by atoms with E-state index in [-0.39, 0.29) is 17.3 Å². The van der Waals surface area contributed by atoms with Crippen LogP contribution in [0.1, 0.15) is 46.3 Å². The van der Waals surface area contributed by atoms with Crippen molar-refractivity contribution in [2.45, 2.75) is 50.7 Å². The summed E-state index contributed by atoms with van der Waals surface area (Å²) >= 11 is 1.14. The molecule has 1 aliphatic heterocycles. The summed E-state index contributed by atoms with van der Waals surface area (Å²) in [6.07, 6.45) is 2.81. The van der Waals surface area contributed by atoms with Gasteiger partial charge in [0.05, 0.1) is 12.1 Å². The zero-order chi connectivity index (χ0) is 24.7. The standard InChI is InChI=1S/C26H27F2NO4S/c1-18(7-5-10-19-8-3-2-4-9-19)22(30)14-12-20-17-26(27,28)25(33)29(20)16-6-11-21-13-15-23(34-21)24(31)32/h2-4,8-9,12-15,18,20,22,30H,6-7,11,16-17H2,1H3,(H,31,32)/t18-,20-,22+/m0/s1. The Morgan fingerprint density at radius 3 is 2.71 bits per heavy atom. The molecule has 0 radical (unpaired) electrons. The fraction of sp³-hybridized carbons (Fsp3) is 0.385. The van der Waals surface area contributed by atoms with Crippen LogP contribution in [0.3, 0.4) is 0 Å². The third kappa shape index (κ3) is 6.75. The smallest absolute Gasteiger partial charge is 0.345 e. The zero-order valence-corrected chi connectivity index (χ0v) is 19.6. The fourth-order valence-electron chi connectivity index (χ4n) is 3.70. The van der Waals surface area contributed by atoms with Crippen LogP contribution >= 0.6 is 11.3 Å². The van der Waals surface area contributed by atoms with Crippen LogP contribution in [0, 0.1) is 17.8 Å². The number of nitrogens with zero attached hydrogens (tertiary/aromatic N) is 1. The predicted molar refractivity (Wildman–Crippen MR) is 127 cm³/mol. The number of alkyl halides is 2. The van der Waals surface area contributed by atoms with Crippen LogP contribution < -0.4 is 0 Å². The lowest BCUT2D eigenvalue weighted by molar-refractivity contribution is -0.148. The zero-order valence-electron chi connectivity index (χ0n) is 18.8. The van der Waals surface area contributed by atoms with Crippen molar-refractivity contribution in [1.29, 1.82) is 0 Å². The molecule has 34 heavy (non-hydrogen) atoms. The van der Waals surface area contributed by atoms with Crippen LogP contribution in [-0.4, -0.2) is 51.6 Å². The second-order valence-corrected chi connectivity index (χ2v) is 9.54. The molecule has 1 aromatic carbocycles. The number of halogens is 2. The van der Waals surface area contributed by atoms with Crippen molar-refractivity contribution in [2.24, 2.45) is 5.92 Å². The molecular formula is C26H27F2NO4S. The normalized spacial score (nSPS) is 19.1. The Morgan fingerprint density at radius 1 is 1.29 bits per heavy atom. The molecule has 1 aliphatic rings. The average molecular weight is 488 g/mol. The van der Waals surface area contributed by atoms with E-state index in [1.165, 1.54) is 18.2 Å². The molecular weight excluding hydrogens is 460 g/mol. The highest BCUT2D eigenvalue weighted by Crippen LogP contribution is 2.34. The average Bonchev–Trinajstić information content (AvgIpc) is 3.36. The van der Waals surface area contributed by atoms with E-state index in [0.29, 0.717) is 19.3 Å². The van der Waals surface area contributed by atoms with Crippen molar-refractivity contribution in [1.82, 2.24) is 4.90 Å². The third-order valence-electron chi connectivity index (χ3n) is 5.68. The van der Waals surface area contributed by atoms with E-state index in [2.05, 4.69) is 11.8 Å². The Morgan fingerprint density at radius 2 is 2.03 bits per heavy atom. The van der Waals surface area contributed by atoms with Gasteiger partial charge in [0.1, 0.15) is 4.88 Å². The lowest BCUT2D eigenvalue weighted by Gasteiger charge is -2.22. The van der Waals surface area contributed by atoms with Gasteiger partial charge in [-0.05, 0) is 43.0 Å². The summed E-state index contributed by atoms with van der Waals surface area (Å²) in [6.45, 7) is 1.95. The number of amides is 1. The van der Waals surface area contributed by atoms with Gasteiger partial charge in [0.15, 0.2) is 0 Å². The van der Waals surface area contributed by atoms with E-state index in [9.17, 15) is 23.5 Å². The number of benzene rings is 1. The third-order valence-corrected chi connectivity index (χ3v) is 6.81. The molecule has 1 aromatic heterocycles. The number of carboxylic acids is 1. The summed E-state index contributed by atoms with van der Waals surface area (Å²) in [5.74, 6) is 0.191. The Bertz CT molecular complexity index is 1090. The number of hydrogen-bond acceptors (Lipinski definition) is 4. The quantitative estimate of drug-likeness (QED) is 0.400. The summed E-state index contributed by atoms with van der Waals surface area (Å²) in [7, 11) is 0. The Kier molecular flexibility index (Phi) is 8.59. The number of thiophene rings is 1. The Labute approximate surface area is 201 Å². The van der Waals surface area contributed by atoms with Gasteiger partial charge in [-0.3, -0.25) is 4.79 Å². The number of hydrogen-bond donors (Lipinski definition) is 2. The molecule has 2 N–H and O–H groups in total. The fourth-order valence-corrected chi connectivity index (χ4v) is 4.59. The predicted octanol–water partition coefficient (Wildman–Crippen LogP) is 4.61. The number of carboxylic acid groups (broad SMARTS) is 1. The number of carbonyl (C=O) groups is 2. The van der Waals surface area contributed by atoms with E-state index in [1.807, 2.05) is 37.3 Å². The van der Waals surface area contributed by atoms with Crippen molar-refractivity contribution in [3.8, 4) is 11.8 Å². The number of aliphatic hydroxyl groups excluding tert-OH is 1. The molecule has 8 heteroatoms. The number of aliphatic hydroxyl groups is 1. The summed E-state index contributed by atoms with van der Waals surface area (Å²) in [6, 6.07) is 11.9. The van der Waals surface area contributed by atoms with Crippen molar-refractivity contribution in [3.63, 3.8) is 0 Å². The van der Waals surface area contributed by atoms with E-state index in [1.54, 1.807) is 6.07 Å². The molecule has 1 amide bonds. The van der Waals surface area contributed by atoms with Gasteiger partial charge in [0.2, 0.25) is 0 Å². The molecule has 0 spiro atoms. The van der Waals surface area contributed by atoms with Crippen LogP contribution in [-0.2, 0) is 11.2 Å². The monoisotopic (exact) mass is 487 g/mol. The van der Waals surface area contributed by atoms with Crippen LogP contribution in [0.15, 0.2) is 54.6 Å². The molecule has 3 rings (SSSR count). The second-order valence-electron chi connectivity index (χ2n) is 8.37. The minimum Gasteiger partial charge on any atom is -0.477 e. The van der Waals surface area contributed by atoms with E-state index in [4.69, 9.17) is 5.11 Å². The molecule has 180 valence electrons. The minimum atomic E-state index is -3.44. The summed E-state index contributed by atoms with van der Waals surface area (Å²) in [4.78, 5) is 25.4. The molecule has 0 aliphatic carbocycles. The van der Waals surface area contributed by atoms with Crippen molar-refractivity contribution in [2.75, 3.05) is 6.54 Å². The van der Waals surface area contributed by atoms with Gasteiger partial charge in [0.25, 0.3) is 5.91 Å². The first-order chi connectivity index (χ1) is 16.2. The van der Waals surface area contributed by atoms with Crippen LogP contribution in [0.25, 0.3) is 0 Å². The highest BCUT2D eigenvalue weighted by molar-refractivity contribution is 7.13. The van der Waals surface area contributed by atoms with Gasteiger partial charge in [-0.1, -0.05) is 49.1 Å². The molecule has 2 aromatic rings. The van der Waals surface area contributed by atoms with Crippen molar-refractivity contribution in [3.05, 3.63) is 69.9 Å². The van der Waals surface area contributed by atoms with Gasteiger partial charge in [-0.2, -0.15) is 8.78 Å². The van der Waals surface area contributed by atoms with Gasteiger partial charge < -0.3 is 15.1 Å². The number of likely N-dealkylation sites (tertiary alicyclic amines) is 1. The van der Waals surface area contributed by atoms with Crippen molar-refractivity contribution < 1.29 is 28.6 Å². The summed E-state index contributed by atoms with van der Waals surface area (Å²) in [5, 5.41) is 19.4. The second kappa shape index (κ2) is 11.4. The largest absolute Gasteiger partial charge is 0.477 e. The van der Waals surface area contributed by atoms with E-state index in [0.717, 1.165) is 26.7 Å². The maximum absolute atomic E-state index is 14.1. The molecule has 0 saturated carbocycles. The Balaban J connectivity index is 1.56. The number of rotatable bonds is 9. The van der Waals surface area contributed by atoms with Crippen LogP contribution in [0.4, 0.5) is 8.78 Å². The molecule has 0 unspecified atom stereocenters. The lowest BCUT2D eigenvalue weighted by Crippen LogP contribution is -2.36. The van der Waals surface area contributed by atoms with Crippen LogP contribution in [0.5, 0.6) is 0 Å². The lowest BCUT2D eigenvalue weighted by atomic mass is 9.99. The SMILES string of the molecule is C[C@@H](CC#Cc1ccccc1)[C@H](O)C=C[C@H]1CC(F)(F)C(=O)N1CCCc1ccc(C(=O)O)s1. The topological polar surface area (TPSA) is 77.8 Å². The maximum Gasteiger partial charge on any atom is 0.345 e. The van der Waals surface area contributed by atoms with E-state index >= 15 is 0 Å². The van der Waals surface area contributed by atoms with E-state index < -0.39 is 36.4 Å². The summed E-state index contributed by atoms with van der Waals surface area (Å²) < 4.78 is 28.2.